The number of amides is 2. The molecule has 0 bridgehead atoms. The Bertz CT molecular complexity index is 1800. The predicted molar refractivity (Wildman–Crippen MR) is 163 cm³/mol. The molecule has 1 fully saturated rings. The van der Waals surface area contributed by atoms with Crippen molar-refractivity contribution < 1.29 is 32.2 Å². The van der Waals surface area contributed by atoms with E-state index in [0.717, 1.165) is 23.8 Å². The van der Waals surface area contributed by atoms with Crippen molar-refractivity contribution in [1.82, 2.24) is 24.1 Å². The highest BCUT2D eigenvalue weighted by molar-refractivity contribution is 6.33. The molecule has 1 N–H and O–H groups in total. The smallest absolute Gasteiger partial charge is 0.416 e. The van der Waals surface area contributed by atoms with Crippen LogP contribution in [0.25, 0.3) is 11.4 Å². The van der Waals surface area contributed by atoms with Crippen LogP contribution in [-0.2, 0) is 38.8 Å². The molecule has 2 amide bonds. The van der Waals surface area contributed by atoms with Gasteiger partial charge < -0.3 is 24.3 Å². The molecule has 0 unspecified atom stereocenters. The summed E-state index contributed by atoms with van der Waals surface area (Å²) in [5.41, 5.74) is -0.395. The number of carbonyl (C=O) groups excluding carboxylic acids is 2. The van der Waals surface area contributed by atoms with Gasteiger partial charge in [-0.05, 0) is 76.6 Å². The van der Waals surface area contributed by atoms with Crippen LogP contribution in [0.5, 0.6) is 0 Å². The maximum atomic E-state index is 14.2. The highest BCUT2D eigenvalue weighted by atomic mass is 35.5. The zero-order chi connectivity index (χ0) is 33.0. The fourth-order valence-corrected chi connectivity index (χ4v) is 6.71. The van der Waals surface area contributed by atoms with Crippen LogP contribution in [0.3, 0.4) is 0 Å². The molecule has 15 heteroatoms. The maximum absolute atomic E-state index is 14.2. The van der Waals surface area contributed by atoms with Crippen molar-refractivity contribution in [2.45, 2.75) is 76.6 Å². The number of hydrogen-bond donors (Lipinski definition) is 1. The van der Waals surface area contributed by atoms with Crippen molar-refractivity contribution in [2.75, 3.05) is 31.6 Å². The standard InChI is InChI=1S/C31H34ClF3N6O5/c1-29(2,3)46-28(44)39-12-10-30(11-13-39)9-6-22-24(30)26(43)41-27(37-25(38-41)18-7-14-45-15-8-18)40(22)17-23(42)36-21-5-4-19(16-20(21)32)31(33,34)35/h4-5,7,16H,6,8-15,17H2,1-3H3,(H,36,42). The molecular formula is C31H34ClF3N6O5. The van der Waals surface area contributed by atoms with E-state index in [1.54, 1.807) is 9.47 Å². The molecule has 6 rings (SSSR count). The molecule has 4 heterocycles. The SMILES string of the molecule is CC(C)(C)OC(=O)N1CCC2(CCc3c2c(=O)n2nc(C4=CCOCC4)nc2n3CC(=O)Nc2ccc(C(F)(F)F)cc2Cl)CC1. The van der Waals surface area contributed by atoms with Crippen molar-refractivity contribution >= 4 is 40.6 Å². The second-order valence-electron chi connectivity index (χ2n) is 12.9. The van der Waals surface area contributed by atoms with Crippen LogP contribution >= 0.6 is 11.6 Å². The van der Waals surface area contributed by atoms with Crippen LogP contribution in [0.4, 0.5) is 23.7 Å². The summed E-state index contributed by atoms with van der Waals surface area (Å²) in [5.74, 6) is -0.0224. The Hall–Kier alpha value is -3.91. The number of benzene rings is 1. The molecule has 1 aliphatic carbocycles. The molecule has 1 saturated heterocycles. The Labute approximate surface area is 267 Å². The molecule has 2 aromatic heterocycles. The van der Waals surface area contributed by atoms with Crippen molar-refractivity contribution in [3.63, 3.8) is 0 Å². The highest BCUT2D eigenvalue weighted by Crippen LogP contribution is 2.45. The summed E-state index contributed by atoms with van der Waals surface area (Å²) in [6.45, 7) is 6.80. The molecular weight excluding hydrogens is 629 g/mol. The minimum absolute atomic E-state index is 0.0221. The number of aromatic nitrogens is 4. The molecule has 0 radical (unpaired) electrons. The summed E-state index contributed by atoms with van der Waals surface area (Å²) in [6.07, 6.45) is -0.406. The van der Waals surface area contributed by atoms with Crippen molar-refractivity contribution in [3.05, 3.63) is 62.3 Å². The number of halogens is 4. The van der Waals surface area contributed by atoms with E-state index in [1.807, 2.05) is 26.8 Å². The molecule has 0 saturated carbocycles. The van der Waals surface area contributed by atoms with Crippen LogP contribution in [0.15, 0.2) is 29.1 Å². The molecule has 46 heavy (non-hydrogen) atoms. The van der Waals surface area contributed by atoms with Crippen molar-refractivity contribution in [1.29, 1.82) is 0 Å². The van der Waals surface area contributed by atoms with E-state index in [1.165, 1.54) is 4.52 Å². The molecule has 0 atom stereocenters. The predicted octanol–water partition coefficient (Wildman–Crippen LogP) is 5.22. The van der Waals surface area contributed by atoms with Gasteiger partial charge >= 0.3 is 12.3 Å². The number of ether oxygens (including phenoxy) is 2. The largest absolute Gasteiger partial charge is 0.444 e. The first-order chi connectivity index (χ1) is 21.6. The second-order valence-corrected chi connectivity index (χ2v) is 13.3. The topological polar surface area (TPSA) is 120 Å². The Kier molecular flexibility index (Phi) is 8.16. The summed E-state index contributed by atoms with van der Waals surface area (Å²) in [7, 11) is 0. The molecule has 1 spiro atoms. The van der Waals surface area contributed by atoms with Crippen LogP contribution in [-0.4, -0.2) is 68.0 Å². The summed E-state index contributed by atoms with van der Waals surface area (Å²) in [6, 6.07) is 2.71. The number of rotatable bonds is 4. The lowest BCUT2D eigenvalue weighted by Crippen LogP contribution is -2.47. The Morgan fingerprint density at radius 2 is 1.87 bits per heavy atom. The molecule has 246 valence electrons. The van der Waals surface area contributed by atoms with Gasteiger partial charge in [-0.3, -0.25) is 9.59 Å². The summed E-state index contributed by atoms with van der Waals surface area (Å²) >= 11 is 6.11. The monoisotopic (exact) mass is 662 g/mol. The lowest BCUT2D eigenvalue weighted by Gasteiger charge is -2.39. The van der Waals surface area contributed by atoms with Gasteiger partial charge in [0.05, 0.1) is 29.5 Å². The Morgan fingerprint density at radius 3 is 2.50 bits per heavy atom. The van der Waals surface area contributed by atoms with Gasteiger partial charge in [0.1, 0.15) is 12.1 Å². The average molecular weight is 663 g/mol. The molecule has 11 nitrogen and oxygen atoms in total. The summed E-state index contributed by atoms with van der Waals surface area (Å²) in [4.78, 5) is 46.7. The maximum Gasteiger partial charge on any atom is 0.416 e. The fourth-order valence-electron chi connectivity index (χ4n) is 6.48. The third kappa shape index (κ3) is 6.11. The van der Waals surface area contributed by atoms with E-state index in [0.29, 0.717) is 75.5 Å². The number of nitrogens with zero attached hydrogens (tertiary/aromatic N) is 5. The van der Waals surface area contributed by atoms with Gasteiger partial charge in [-0.1, -0.05) is 17.7 Å². The lowest BCUT2D eigenvalue weighted by atomic mass is 9.74. The fraction of sp³-hybridized carbons (Fsp3) is 0.516. The number of fused-ring (bicyclic) bond motifs is 3. The molecule has 1 aromatic carbocycles. The van der Waals surface area contributed by atoms with Gasteiger partial charge in [0, 0.05) is 29.8 Å². The zero-order valence-electron chi connectivity index (χ0n) is 25.7. The Balaban J connectivity index is 1.36. The Morgan fingerprint density at radius 1 is 1.13 bits per heavy atom. The van der Waals surface area contributed by atoms with Gasteiger partial charge in [-0.15, -0.1) is 5.10 Å². The van der Waals surface area contributed by atoms with E-state index in [9.17, 15) is 27.6 Å². The summed E-state index contributed by atoms with van der Waals surface area (Å²) in [5, 5.41) is 6.92. The molecule has 3 aromatic rings. The number of piperidine rings is 1. The van der Waals surface area contributed by atoms with E-state index in [4.69, 9.17) is 21.1 Å². The third-order valence-electron chi connectivity index (χ3n) is 8.72. The highest BCUT2D eigenvalue weighted by Gasteiger charge is 2.46. The number of carbonyl (C=O) groups is 2. The van der Waals surface area contributed by atoms with Crippen LogP contribution in [0.2, 0.25) is 5.02 Å². The minimum Gasteiger partial charge on any atom is -0.444 e. The van der Waals surface area contributed by atoms with E-state index >= 15 is 0 Å². The number of alkyl halides is 3. The normalized spacial score (nSPS) is 18.1. The van der Waals surface area contributed by atoms with Gasteiger partial charge in [-0.2, -0.15) is 22.7 Å². The second kappa shape index (κ2) is 11.7. The van der Waals surface area contributed by atoms with Crippen LogP contribution in [0.1, 0.15) is 69.1 Å². The van der Waals surface area contributed by atoms with Gasteiger partial charge in [0.2, 0.25) is 11.7 Å². The first-order valence-electron chi connectivity index (χ1n) is 15.1. The lowest BCUT2D eigenvalue weighted by molar-refractivity contribution is -0.137. The van der Waals surface area contributed by atoms with E-state index in [-0.39, 0.29) is 28.6 Å². The summed E-state index contributed by atoms with van der Waals surface area (Å²) < 4.78 is 53.3. The van der Waals surface area contributed by atoms with Gasteiger partial charge in [0.15, 0.2) is 5.82 Å². The molecule has 3 aliphatic rings. The van der Waals surface area contributed by atoms with E-state index < -0.39 is 34.8 Å². The minimum atomic E-state index is -4.58. The molecule has 2 aliphatic heterocycles. The van der Waals surface area contributed by atoms with Gasteiger partial charge in [-0.25, -0.2) is 4.79 Å². The third-order valence-corrected chi connectivity index (χ3v) is 9.03. The van der Waals surface area contributed by atoms with Crippen LogP contribution in [0, 0.1) is 0 Å². The number of hydrogen-bond acceptors (Lipinski definition) is 7. The van der Waals surface area contributed by atoms with Crippen LogP contribution < -0.4 is 10.9 Å². The number of likely N-dealkylation sites (tertiary alicyclic amines) is 1. The van der Waals surface area contributed by atoms with Crippen molar-refractivity contribution in [3.8, 4) is 0 Å². The first-order valence-corrected chi connectivity index (χ1v) is 15.5. The quantitative estimate of drug-likeness (QED) is 0.407. The van der Waals surface area contributed by atoms with Crippen molar-refractivity contribution in [2.24, 2.45) is 0 Å². The number of nitrogens with one attached hydrogen (secondary N) is 1. The average Bonchev–Trinajstić information content (AvgIpc) is 3.59. The zero-order valence-corrected chi connectivity index (χ0v) is 26.4. The van der Waals surface area contributed by atoms with Gasteiger partial charge in [0.25, 0.3) is 5.56 Å². The number of anilines is 1. The first kappa shape index (κ1) is 32.0. The van der Waals surface area contributed by atoms with E-state index in [2.05, 4.69) is 15.4 Å².